The Hall–Kier alpha value is -1.63. The molecule has 1 atom stereocenters. The van der Waals surface area contributed by atoms with Crippen molar-refractivity contribution in [3.8, 4) is 0 Å². The summed E-state index contributed by atoms with van der Waals surface area (Å²) >= 11 is 1.63. The van der Waals surface area contributed by atoms with Crippen molar-refractivity contribution in [2.75, 3.05) is 26.2 Å². The van der Waals surface area contributed by atoms with E-state index in [1.165, 1.54) is 0 Å². The van der Waals surface area contributed by atoms with Gasteiger partial charge < -0.3 is 15.1 Å². The number of amides is 3. The lowest BCUT2D eigenvalue weighted by Gasteiger charge is -2.36. The SMILES string of the molecule is Cc1csc(C2CCCCN2C(=O)CN2CCCNC2=O)n1. The summed E-state index contributed by atoms with van der Waals surface area (Å²) in [4.78, 5) is 32.6. The molecule has 0 saturated carbocycles. The summed E-state index contributed by atoms with van der Waals surface area (Å²) in [6, 6.07) is -0.0499. The fraction of sp³-hybridized carbons (Fsp3) is 0.667. The van der Waals surface area contributed by atoms with E-state index in [-0.39, 0.29) is 24.5 Å². The molecular formula is C15H22N4O2S. The number of hydrogen-bond acceptors (Lipinski definition) is 4. The summed E-state index contributed by atoms with van der Waals surface area (Å²) in [6.07, 6.45) is 4.01. The molecule has 2 saturated heterocycles. The first-order valence-electron chi connectivity index (χ1n) is 7.89. The van der Waals surface area contributed by atoms with Gasteiger partial charge in [0.05, 0.1) is 6.04 Å². The maximum Gasteiger partial charge on any atom is 0.317 e. The zero-order valence-corrected chi connectivity index (χ0v) is 13.7. The Balaban J connectivity index is 1.70. The molecule has 120 valence electrons. The van der Waals surface area contributed by atoms with E-state index in [0.717, 1.165) is 42.9 Å². The summed E-state index contributed by atoms with van der Waals surface area (Å²) in [7, 11) is 0. The van der Waals surface area contributed by atoms with Gasteiger partial charge in [-0.3, -0.25) is 4.79 Å². The first kappa shape index (κ1) is 15.3. The van der Waals surface area contributed by atoms with Gasteiger partial charge in [0.25, 0.3) is 0 Å². The van der Waals surface area contributed by atoms with Crippen molar-refractivity contribution in [2.45, 2.75) is 38.6 Å². The second-order valence-corrected chi connectivity index (χ2v) is 6.82. The van der Waals surface area contributed by atoms with Crippen molar-refractivity contribution in [1.82, 2.24) is 20.1 Å². The molecule has 2 aliphatic rings. The zero-order chi connectivity index (χ0) is 15.5. The van der Waals surface area contributed by atoms with E-state index >= 15 is 0 Å². The molecule has 3 amide bonds. The molecule has 3 rings (SSSR count). The van der Waals surface area contributed by atoms with Crippen LogP contribution in [0.1, 0.15) is 42.4 Å². The van der Waals surface area contributed by atoms with Gasteiger partial charge in [-0.2, -0.15) is 0 Å². The van der Waals surface area contributed by atoms with Crippen LogP contribution in [-0.2, 0) is 4.79 Å². The highest BCUT2D eigenvalue weighted by Gasteiger charge is 2.31. The average molecular weight is 322 g/mol. The molecule has 22 heavy (non-hydrogen) atoms. The number of carbonyl (C=O) groups is 2. The molecule has 2 aliphatic heterocycles. The number of nitrogens with zero attached hydrogens (tertiary/aromatic N) is 3. The molecule has 7 heteroatoms. The normalized spacial score (nSPS) is 22.6. The van der Waals surface area contributed by atoms with Crippen LogP contribution in [0.2, 0.25) is 0 Å². The topological polar surface area (TPSA) is 65.5 Å². The third-order valence-corrected chi connectivity index (χ3v) is 5.30. The number of aromatic nitrogens is 1. The van der Waals surface area contributed by atoms with Crippen LogP contribution in [-0.4, -0.2) is 52.9 Å². The second-order valence-electron chi connectivity index (χ2n) is 5.93. The van der Waals surface area contributed by atoms with Crippen molar-refractivity contribution < 1.29 is 9.59 Å². The van der Waals surface area contributed by atoms with Crippen molar-refractivity contribution in [1.29, 1.82) is 0 Å². The Morgan fingerprint density at radius 2 is 2.27 bits per heavy atom. The minimum Gasteiger partial charge on any atom is -0.338 e. The van der Waals surface area contributed by atoms with Crippen LogP contribution in [0.4, 0.5) is 4.79 Å². The summed E-state index contributed by atoms with van der Waals surface area (Å²) in [5, 5.41) is 5.85. The van der Waals surface area contributed by atoms with Crippen LogP contribution >= 0.6 is 11.3 Å². The van der Waals surface area contributed by atoms with Crippen LogP contribution in [0.25, 0.3) is 0 Å². The largest absolute Gasteiger partial charge is 0.338 e. The molecular weight excluding hydrogens is 300 g/mol. The number of urea groups is 1. The van der Waals surface area contributed by atoms with Crippen LogP contribution < -0.4 is 5.32 Å². The highest BCUT2D eigenvalue weighted by atomic mass is 32.1. The fourth-order valence-corrected chi connectivity index (χ4v) is 4.04. The summed E-state index contributed by atoms with van der Waals surface area (Å²) in [6.45, 7) is 4.28. The van der Waals surface area contributed by atoms with Crippen molar-refractivity contribution in [2.24, 2.45) is 0 Å². The van der Waals surface area contributed by atoms with Gasteiger partial charge in [-0.1, -0.05) is 0 Å². The molecule has 0 radical (unpaired) electrons. The van der Waals surface area contributed by atoms with Gasteiger partial charge in [0.15, 0.2) is 0 Å². The number of aryl methyl sites for hydroxylation is 1. The van der Waals surface area contributed by atoms with Crippen molar-refractivity contribution >= 4 is 23.3 Å². The van der Waals surface area contributed by atoms with Gasteiger partial charge in [0.1, 0.15) is 11.6 Å². The van der Waals surface area contributed by atoms with E-state index in [4.69, 9.17) is 0 Å². The molecule has 0 spiro atoms. The predicted octanol–water partition coefficient (Wildman–Crippen LogP) is 1.92. The predicted molar refractivity (Wildman–Crippen MR) is 84.7 cm³/mol. The van der Waals surface area contributed by atoms with E-state index in [2.05, 4.69) is 10.3 Å². The molecule has 6 nitrogen and oxygen atoms in total. The molecule has 1 N–H and O–H groups in total. The minimum absolute atomic E-state index is 0.0367. The van der Waals surface area contributed by atoms with E-state index in [9.17, 15) is 9.59 Å². The van der Waals surface area contributed by atoms with E-state index in [0.29, 0.717) is 13.1 Å². The van der Waals surface area contributed by atoms with Gasteiger partial charge in [0.2, 0.25) is 5.91 Å². The quantitative estimate of drug-likeness (QED) is 0.924. The van der Waals surface area contributed by atoms with Gasteiger partial charge in [-0.15, -0.1) is 11.3 Å². The van der Waals surface area contributed by atoms with Crippen LogP contribution in [0.15, 0.2) is 5.38 Å². The Labute approximate surface area is 134 Å². The molecule has 0 aliphatic carbocycles. The molecule has 1 unspecified atom stereocenters. The summed E-state index contributed by atoms with van der Waals surface area (Å²) < 4.78 is 0. The Morgan fingerprint density at radius 3 is 3.00 bits per heavy atom. The lowest BCUT2D eigenvalue weighted by molar-refractivity contribution is -0.135. The van der Waals surface area contributed by atoms with Gasteiger partial charge >= 0.3 is 6.03 Å². The molecule has 0 bridgehead atoms. The third kappa shape index (κ3) is 3.24. The highest BCUT2D eigenvalue weighted by Crippen LogP contribution is 2.32. The number of thiazole rings is 1. The Kier molecular flexibility index (Phi) is 4.61. The van der Waals surface area contributed by atoms with Gasteiger partial charge in [-0.25, -0.2) is 9.78 Å². The van der Waals surface area contributed by atoms with Crippen LogP contribution in [0, 0.1) is 6.92 Å². The van der Waals surface area contributed by atoms with E-state index < -0.39 is 0 Å². The summed E-state index contributed by atoms with van der Waals surface area (Å²) in [5.74, 6) is 0.0367. The zero-order valence-electron chi connectivity index (χ0n) is 12.9. The van der Waals surface area contributed by atoms with E-state index in [1.54, 1.807) is 16.2 Å². The number of hydrogen-bond donors (Lipinski definition) is 1. The first-order chi connectivity index (χ1) is 10.6. The highest BCUT2D eigenvalue weighted by molar-refractivity contribution is 7.09. The van der Waals surface area contributed by atoms with Crippen LogP contribution in [0.5, 0.6) is 0 Å². The lowest BCUT2D eigenvalue weighted by atomic mass is 10.0. The maximum absolute atomic E-state index is 12.7. The van der Waals surface area contributed by atoms with E-state index in [1.807, 2.05) is 17.2 Å². The average Bonchev–Trinajstić information content (AvgIpc) is 2.96. The smallest absolute Gasteiger partial charge is 0.317 e. The molecule has 0 aromatic carbocycles. The number of nitrogens with one attached hydrogen (secondary N) is 1. The second kappa shape index (κ2) is 6.64. The lowest BCUT2D eigenvalue weighted by Crippen LogP contribution is -2.51. The molecule has 1 aromatic heterocycles. The van der Waals surface area contributed by atoms with Crippen LogP contribution in [0.3, 0.4) is 0 Å². The van der Waals surface area contributed by atoms with Crippen molar-refractivity contribution in [3.05, 3.63) is 16.1 Å². The number of carbonyl (C=O) groups excluding carboxylic acids is 2. The molecule has 1 aromatic rings. The Bertz CT molecular complexity index is 559. The monoisotopic (exact) mass is 322 g/mol. The molecule has 3 heterocycles. The minimum atomic E-state index is -0.127. The third-order valence-electron chi connectivity index (χ3n) is 4.24. The van der Waals surface area contributed by atoms with Gasteiger partial charge in [-0.05, 0) is 32.6 Å². The maximum atomic E-state index is 12.7. The van der Waals surface area contributed by atoms with Crippen molar-refractivity contribution in [3.63, 3.8) is 0 Å². The first-order valence-corrected chi connectivity index (χ1v) is 8.77. The summed E-state index contributed by atoms with van der Waals surface area (Å²) in [5.41, 5.74) is 1.01. The fourth-order valence-electron chi connectivity index (χ4n) is 3.10. The van der Waals surface area contributed by atoms with Gasteiger partial charge in [0, 0.05) is 30.7 Å². The Morgan fingerprint density at radius 1 is 1.41 bits per heavy atom. The number of rotatable bonds is 3. The standard InChI is InChI=1S/C15H22N4O2S/c1-11-10-22-14(17-11)12-5-2-3-8-19(12)13(20)9-18-7-4-6-16-15(18)21/h10,12H,2-9H2,1H3,(H,16,21). The number of piperidine rings is 1. The molecule has 2 fully saturated rings. The number of likely N-dealkylation sites (tertiary alicyclic amines) is 1.